The van der Waals surface area contributed by atoms with Crippen molar-refractivity contribution in [2.75, 3.05) is 26.2 Å². The molecule has 0 spiro atoms. The predicted molar refractivity (Wildman–Crippen MR) is 79.3 cm³/mol. The summed E-state index contributed by atoms with van der Waals surface area (Å²) in [6, 6.07) is 2.11. The largest absolute Gasteiger partial charge is 0.468 e. The van der Waals surface area contributed by atoms with E-state index in [1.165, 1.54) is 10.4 Å². The van der Waals surface area contributed by atoms with Crippen LogP contribution in [-0.4, -0.2) is 56.2 Å². The Labute approximate surface area is 138 Å². The molecule has 1 aliphatic rings. The Balaban J connectivity index is 0.00000264. The molecule has 2 heterocycles. The van der Waals surface area contributed by atoms with Crippen LogP contribution in [0.3, 0.4) is 0 Å². The van der Waals surface area contributed by atoms with E-state index in [2.05, 4.69) is 15.0 Å². The summed E-state index contributed by atoms with van der Waals surface area (Å²) >= 11 is 0. The zero-order valence-electron chi connectivity index (χ0n) is 12.2. The summed E-state index contributed by atoms with van der Waals surface area (Å²) in [4.78, 5) is 3.56. The van der Waals surface area contributed by atoms with E-state index in [1.807, 2.05) is 0 Å². The van der Waals surface area contributed by atoms with Gasteiger partial charge in [0, 0.05) is 31.7 Å². The average Bonchev–Trinajstić information content (AvgIpc) is 2.45. The number of rotatable bonds is 4. The maximum atomic E-state index is 12.5. The van der Waals surface area contributed by atoms with E-state index in [-0.39, 0.29) is 29.2 Å². The molecule has 6 nitrogen and oxygen atoms in total. The fourth-order valence-corrected chi connectivity index (χ4v) is 3.65. The third kappa shape index (κ3) is 5.20. The second-order valence-corrected chi connectivity index (χ2v) is 6.80. The average molecular weight is 376 g/mol. The van der Waals surface area contributed by atoms with E-state index in [0.717, 1.165) is 12.3 Å². The van der Waals surface area contributed by atoms with Crippen LogP contribution in [0.2, 0.25) is 0 Å². The van der Waals surface area contributed by atoms with Crippen molar-refractivity contribution in [1.29, 1.82) is 0 Å². The Morgan fingerprint density at radius 3 is 2.65 bits per heavy atom. The highest BCUT2D eigenvalue weighted by molar-refractivity contribution is 7.89. The third-order valence-electron chi connectivity index (χ3n) is 3.14. The van der Waals surface area contributed by atoms with Crippen molar-refractivity contribution in [1.82, 2.24) is 14.6 Å². The molecule has 2 rings (SSSR count). The van der Waals surface area contributed by atoms with Crippen molar-refractivity contribution in [3.05, 3.63) is 18.3 Å². The summed E-state index contributed by atoms with van der Waals surface area (Å²) in [5.41, 5.74) is 0. The lowest BCUT2D eigenvalue weighted by atomic mass is 10.3. The van der Waals surface area contributed by atoms with Gasteiger partial charge in [-0.1, -0.05) is 0 Å². The molecule has 1 aromatic rings. The van der Waals surface area contributed by atoms with Crippen LogP contribution in [0.5, 0.6) is 5.88 Å². The number of pyridine rings is 1. The van der Waals surface area contributed by atoms with E-state index in [9.17, 15) is 21.6 Å². The predicted octanol–water partition coefficient (Wildman–Crippen LogP) is 1.43. The lowest BCUT2D eigenvalue weighted by molar-refractivity contribution is -0.154. The van der Waals surface area contributed by atoms with Gasteiger partial charge in [-0.15, -0.1) is 12.4 Å². The minimum atomic E-state index is -4.47. The van der Waals surface area contributed by atoms with Crippen LogP contribution in [0.15, 0.2) is 23.2 Å². The van der Waals surface area contributed by atoms with Crippen molar-refractivity contribution >= 4 is 22.4 Å². The number of ether oxygens (including phenoxy) is 1. The Hall–Kier alpha value is -1.10. The number of nitrogens with one attached hydrogen (secondary N) is 1. The summed E-state index contributed by atoms with van der Waals surface area (Å²) in [6.45, 7) is 1.72. The molecule has 1 N–H and O–H groups in total. The Bertz CT molecular complexity index is 610. The van der Waals surface area contributed by atoms with Gasteiger partial charge in [-0.05, 0) is 13.0 Å². The molecule has 1 aliphatic heterocycles. The summed E-state index contributed by atoms with van der Waals surface area (Å²) in [5, 5.41) is 3.08. The number of piperazine rings is 1. The monoisotopic (exact) mass is 375 g/mol. The molecule has 23 heavy (non-hydrogen) atoms. The zero-order valence-corrected chi connectivity index (χ0v) is 13.8. The molecule has 0 aromatic carbocycles. The minimum absolute atomic E-state index is 0. The van der Waals surface area contributed by atoms with Crippen LogP contribution >= 0.6 is 12.4 Å². The summed E-state index contributed by atoms with van der Waals surface area (Å²) in [5.74, 6) is -0.273. The second kappa shape index (κ2) is 7.65. The molecule has 132 valence electrons. The highest BCUT2D eigenvalue weighted by Gasteiger charge is 2.31. The topological polar surface area (TPSA) is 71.5 Å². The molecule has 1 atom stereocenters. The van der Waals surface area contributed by atoms with E-state index in [0.29, 0.717) is 19.6 Å². The normalized spacial score (nSPS) is 19.9. The SMILES string of the molecule is CC1CNCCN1S(=O)(=O)c1ccc(OCC(F)(F)F)nc1.Cl. The van der Waals surface area contributed by atoms with Gasteiger partial charge in [0.1, 0.15) is 4.90 Å². The van der Waals surface area contributed by atoms with Gasteiger partial charge in [0.2, 0.25) is 15.9 Å². The summed E-state index contributed by atoms with van der Waals surface area (Å²) < 4.78 is 66.8. The summed E-state index contributed by atoms with van der Waals surface area (Å²) in [7, 11) is -3.72. The molecule has 1 fully saturated rings. The van der Waals surface area contributed by atoms with Crippen molar-refractivity contribution < 1.29 is 26.3 Å². The molecular formula is C12H17ClF3N3O3S. The number of hydrogen-bond acceptors (Lipinski definition) is 5. The second-order valence-electron chi connectivity index (χ2n) is 4.90. The first kappa shape index (κ1) is 19.9. The number of hydrogen-bond donors (Lipinski definition) is 1. The van der Waals surface area contributed by atoms with Crippen LogP contribution in [0.1, 0.15) is 6.92 Å². The van der Waals surface area contributed by atoms with E-state index in [4.69, 9.17) is 0 Å². The Morgan fingerprint density at radius 1 is 1.43 bits per heavy atom. The molecule has 0 amide bonds. The fraction of sp³-hybridized carbons (Fsp3) is 0.583. The van der Waals surface area contributed by atoms with Gasteiger partial charge in [-0.2, -0.15) is 17.5 Å². The van der Waals surface area contributed by atoms with Crippen molar-refractivity contribution in [2.24, 2.45) is 0 Å². The first-order valence-electron chi connectivity index (χ1n) is 6.58. The highest BCUT2D eigenvalue weighted by atomic mass is 35.5. The van der Waals surface area contributed by atoms with Gasteiger partial charge in [0.05, 0.1) is 6.20 Å². The van der Waals surface area contributed by atoms with Gasteiger partial charge in [-0.25, -0.2) is 13.4 Å². The van der Waals surface area contributed by atoms with E-state index < -0.39 is 22.8 Å². The van der Waals surface area contributed by atoms with Gasteiger partial charge >= 0.3 is 6.18 Å². The Kier molecular flexibility index (Phi) is 6.63. The number of alkyl halides is 3. The van der Waals surface area contributed by atoms with Crippen molar-refractivity contribution in [3.63, 3.8) is 0 Å². The highest BCUT2D eigenvalue weighted by Crippen LogP contribution is 2.21. The maximum absolute atomic E-state index is 12.5. The van der Waals surface area contributed by atoms with E-state index in [1.54, 1.807) is 6.92 Å². The Morgan fingerprint density at radius 2 is 2.13 bits per heavy atom. The number of aromatic nitrogens is 1. The van der Waals surface area contributed by atoms with Crippen molar-refractivity contribution in [2.45, 2.75) is 24.0 Å². The number of sulfonamides is 1. The third-order valence-corrected chi connectivity index (χ3v) is 5.14. The molecule has 0 saturated carbocycles. The van der Waals surface area contributed by atoms with Crippen molar-refractivity contribution in [3.8, 4) is 5.88 Å². The quantitative estimate of drug-likeness (QED) is 0.862. The fourth-order valence-electron chi connectivity index (χ4n) is 2.08. The first-order chi connectivity index (χ1) is 10.2. The van der Waals surface area contributed by atoms with Gasteiger partial charge in [-0.3, -0.25) is 0 Å². The lowest BCUT2D eigenvalue weighted by Crippen LogP contribution is -2.52. The summed E-state index contributed by atoms with van der Waals surface area (Å²) in [6.07, 6.45) is -3.46. The van der Waals surface area contributed by atoms with E-state index >= 15 is 0 Å². The van der Waals surface area contributed by atoms with Gasteiger partial charge < -0.3 is 10.1 Å². The van der Waals surface area contributed by atoms with Crippen LogP contribution in [0, 0.1) is 0 Å². The minimum Gasteiger partial charge on any atom is -0.468 e. The number of halogens is 4. The molecule has 0 aliphatic carbocycles. The smallest absolute Gasteiger partial charge is 0.422 e. The molecular weight excluding hydrogens is 359 g/mol. The molecule has 1 aromatic heterocycles. The van der Waals surface area contributed by atoms with Crippen LogP contribution in [0.25, 0.3) is 0 Å². The van der Waals surface area contributed by atoms with Gasteiger partial charge in [0.25, 0.3) is 0 Å². The standard InChI is InChI=1S/C12H16F3N3O3S.ClH/c1-9-6-16-4-5-18(9)22(19,20)10-2-3-11(17-7-10)21-8-12(13,14)15;/h2-3,7,9,16H,4-6,8H2,1H3;1H. The van der Waals surface area contributed by atoms with Crippen LogP contribution in [-0.2, 0) is 10.0 Å². The van der Waals surface area contributed by atoms with Crippen LogP contribution < -0.4 is 10.1 Å². The first-order valence-corrected chi connectivity index (χ1v) is 8.02. The zero-order chi connectivity index (χ0) is 16.4. The molecule has 0 bridgehead atoms. The molecule has 0 radical (unpaired) electrons. The molecule has 11 heteroatoms. The molecule has 1 saturated heterocycles. The van der Waals surface area contributed by atoms with Crippen LogP contribution in [0.4, 0.5) is 13.2 Å². The lowest BCUT2D eigenvalue weighted by Gasteiger charge is -2.32. The molecule has 1 unspecified atom stereocenters. The van der Waals surface area contributed by atoms with Gasteiger partial charge in [0.15, 0.2) is 6.61 Å². The number of nitrogens with zero attached hydrogens (tertiary/aromatic N) is 2. The maximum Gasteiger partial charge on any atom is 0.422 e.